The molecule has 0 unspecified atom stereocenters. The molecule has 0 aliphatic heterocycles. The van der Waals surface area contributed by atoms with Crippen LogP contribution in [0.25, 0.3) is 0 Å². The highest BCUT2D eigenvalue weighted by molar-refractivity contribution is 5.14. The summed E-state index contributed by atoms with van der Waals surface area (Å²) in [6.07, 6.45) is 5.92. The van der Waals surface area contributed by atoms with Crippen molar-refractivity contribution in [2.45, 2.75) is 24.9 Å². The van der Waals surface area contributed by atoms with Crippen LogP contribution in [0.3, 0.4) is 0 Å². The third-order valence-electron chi connectivity index (χ3n) is 2.98. The van der Waals surface area contributed by atoms with Crippen LogP contribution in [0.5, 0.6) is 5.88 Å². The van der Waals surface area contributed by atoms with Gasteiger partial charge in [-0.15, -0.1) is 0 Å². The summed E-state index contributed by atoms with van der Waals surface area (Å²) in [7, 11) is 0. The number of nitrogens with zero attached hydrogens (tertiary/aromatic N) is 2. The number of aromatic nitrogens is 3. The summed E-state index contributed by atoms with van der Waals surface area (Å²) in [5.74, 6) is 1.28. The van der Waals surface area contributed by atoms with Crippen molar-refractivity contribution in [2.75, 3.05) is 0 Å². The second kappa shape index (κ2) is 3.96. The molecule has 0 aromatic carbocycles. The van der Waals surface area contributed by atoms with Crippen LogP contribution in [-0.2, 0) is 0 Å². The third-order valence-corrected chi connectivity index (χ3v) is 2.98. The van der Waals surface area contributed by atoms with E-state index in [4.69, 9.17) is 4.74 Å². The maximum atomic E-state index is 5.73. The van der Waals surface area contributed by atoms with Gasteiger partial charge in [0.05, 0.1) is 0 Å². The van der Waals surface area contributed by atoms with Gasteiger partial charge in [-0.2, -0.15) is 5.10 Å². The standard InChI is InChI=1S/C12H13N3O/c1-2-5-13-12(3-1)16-10-7-9(8-10)11-4-6-14-15-11/h1-6,9-10H,7-8H2,(H,14,15). The zero-order valence-corrected chi connectivity index (χ0v) is 8.84. The number of hydrogen-bond acceptors (Lipinski definition) is 3. The first-order chi connectivity index (χ1) is 7.92. The average Bonchev–Trinajstić information content (AvgIpc) is 2.77. The lowest BCUT2D eigenvalue weighted by Crippen LogP contribution is -2.32. The summed E-state index contributed by atoms with van der Waals surface area (Å²) in [5.41, 5.74) is 1.21. The molecule has 2 aromatic heterocycles. The highest BCUT2D eigenvalue weighted by Gasteiger charge is 2.33. The molecule has 1 fully saturated rings. The van der Waals surface area contributed by atoms with Crippen molar-refractivity contribution >= 4 is 0 Å². The van der Waals surface area contributed by atoms with Gasteiger partial charge in [-0.1, -0.05) is 6.07 Å². The highest BCUT2D eigenvalue weighted by atomic mass is 16.5. The van der Waals surface area contributed by atoms with E-state index in [9.17, 15) is 0 Å². The van der Waals surface area contributed by atoms with Crippen molar-refractivity contribution < 1.29 is 4.74 Å². The van der Waals surface area contributed by atoms with E-state index in [0.29, 0.717) is 12.0 Å². The Bertz CT molecular complexity index is 435. The quantitative estimate of drug-likeness (QED) is 0.853. The summed E-state index contributed by atoms with van der Waals surface area (Å²) >= 11 is 0. The Morgan fingerprint density at radius 1 is 1.19 bits per heavy atom. The van der Waals surface area contributed by atoms with Gasteiger partial charge in [-0.3, -0.25) is 5.10 Å². The van der Waals surface area contributed by atoms with Gasteiger partial charge in [0, 0.05) is 30.1 Å². The second-order valence-corrected chi connectivity index (χ2v) is 4.09. The minimum Gasteiger partial charge on any atom is -0.474 e. The molecule has 0 amide bonds. The molecule has 3 rings (SSSR count). The van der Waals surface area contributed by atoms with Gasteiger partial charge in [-0.25, -0.2) is 4.98 Å². The van der Waals surface area contributed by atoms with E-state index in [2.05, 4.69) is 15.2 Å². The molecule has 2 aromatic rings. The molecular formula is C12H13N3O. The lowest BCUT2D eigenvalue weighted by Gasteiger charge is -2.34. The predicted molar refractivity (Wildman–Crippen MR) is 59.2 cm³/mol. The Morgan fingerprint density at radius 3 is 2.81 bits per heavy atom. The van der Waals surface area contributed by atoms with Crippen LogP contribution >= 0.6 is 0 Å². The van der Waals surface area contributed by atoms with Gasteiger partial charge in [-0.05, 0) is 25.0 Å². The van der Waals surface area contributed by atoms with Crippen molar-refractivity contribution in [2.24, 2.45) is 0 Å². The maximum Gasteiger partial charge on any atom is 0.213 e. The predicted octanol–water partition coefficient (Wildman–Crippen LogP) is 2.13. The van der Waals surface area contributed by atoms with Gasteiger partial charge >= 0.3 is 0 Å². The first-order valence-electron chi connectivity index (χ1n) is 5.49. The second-order valence-electron chi connectivity index (χ2n) is 4.09. The van der Waals surface area contributed by atoms with Crippen molar-refractivity contribution in [3.05, 3.63) is 42.4 Å². The van der Waals surface area contributed by atoms with E-state index >= 15 is 0 Å². The number of ether oxygens (including phenoxy) is 1. The summed E-state index contributed by atoms with van der Waals surface area (Å²) in [5, 5.41) is 6.96. The first-order valence-corrected chi connectivity index (χ1v) is 5.49. The van der Waals surface area contributed by atoms with Gasteiger partial charge in [0.2, 0.25) is 5.88 Å². The van der Waals surface area contributed by atoms with E-state index in [1.54, 1.807) is 12.4 Å². The zero-order valence-electron chi connectivity index (χ0n) is 8.84. The molecule has 0 bridgehead atoms. The van der Waals surface area contributed by atoms with E-state index in [1.165, 1.54) is 5.69 Å². The number of rotatable bonds is 3. The molecule has 1 N–H and O–H groups in total. The van der Waals surface area contributed by atoms with Crippen LogP contribution in [0.1, 0.15) is 24.5 Å². The maximum absolute atomic E-state index is 5.73. The molecule has 0 saturated heterocycles. The smallest absolute Gasteiger partial charge is 0.213 e. The van der Waals surface area contributed by atoms with Crippen LogP contribution in [0.15, 0.2) is 36.7 Å². The SMILES string of the molecule is c1ccc(OC2CC(c3ccn[nH]3)C2)nc1. The number of aromatic amines is 1. The fourth-order valence-electron chi connectivity index (χ4n) is 2.00. The van der Waals surface area contributed by atoms with Crippen LogP contribution in [0.4, 0.5) is 0 Å². The Balaban J connectivity index is 1.55. The molecule has 0 atom stereocenters. The molecular weight excluding hydrogens is 202 g/mol. The first kappa shape index (κ1) is 9.39. The van der Waals surface area contributed by atoms with Crippen LogP contribution in [0, 0.1) is 0 Å². The van der Waals surface area contributed by atoms with Gasteiger partial charge in [0.1, 0.15) is 6.10 Å². The molecule has 1 aliphatic rings. The van der Waals surface area contributed by atoms with E-state index < -0.39 is 0 Å². The normalized spacial score (nSPS) is 23.8. The third kappa shape index (κ3) is 1.78. The molecule has 2 heterocycles. The summed E-state index contributed by atoms with van der Waals surface area (Å²) in [4.78, 5) is 4.15. The van der Waals surface area contributed by atoms with Crippen LogP contribution in [0.2, 0.25) is 0 Å². The number of pyridine rings is 1. The van der Waals surface area contributed by atoms with Crippen molar-refractivity contribution in [3.8, 4) is 5.88 Å². The lowest BCUT2D eigenvalue weighted by molar-refractivity contribution is 0.0921. The van der Waals surface area contributed by atoms with E-state index in [1.807, 2.05) is 24.3 Å². The number of hydrogen-bond donors (Lipinski definition) is 1. The molecule has 16 heavy (non-hydrogen) atoms. The van der Waals surface area contributed by atoms with Gasteiger partial charge in [0.25, 0.3) is 0 Å². The largest absolute Gasteiger partial charge is 0.474 e. The van der Waals surface area contributed by atoms with Gasteiger partial charge < -0.3 is 4.74 Å². The molecule has 4 nitrogen and oxygen atoms in total. The van der Waals surface area contributed by atoms with Crippen LogP contribution < -0.4 is 4.74 Å². The minimum atomic E-state index is 0.295. The lowest BCUT2D eigenvalue weighted by atomic mass is 9.80. The highest BCUT2D eigenvalue weighted by Crippen LogP contribution is 2.37. The average molecular weight is 215 g/mol. The zero-order chi connectivity index (χ0) is 10.8. The summed E-state index contributed by atoms with van der Waals surface area (Å²) in [6.45, 7) is 0. The summed E-state index contributed by atoms with van der Waals surface area (Å²) < 4.78 is 5.73. The van der Waals surface area contributed by atoms with Gasteiger partial charge in [0.15, 0.2) is 0 Å². The van der Waals surface area contributed by atoms with Crippen molar-refractivity contribution in [3.63, 3.8) is 0 Å². The molecule has 1 saturated carbocycles. The minimum absolute atomic E-state index is 0.295. The van der Waals surface area contributed by atoms with Crippen molar-refractivity contribution in [1.82, 2.24) is 15.2 Å². The van der Waals surface area contributed by atoms with E-state index in [-0.39, 0.29) is 0 Å². The molecule has 0 radical (unpaired) electrons. The fourth-order valence-corrected chi connectivity index (χ4v) is 2.00. The Hall–Kier alpha value is -1.84. The summed E-state index contributed by atoms with van der Waals surface area (Å²) in [6, 6.07) is 7.75. The Kier molecular flexibility index (Phi) is 2.33. The molecule has 0 spiro atoms. The number of nitrogens with one attached hydrogen (secondary N) is 1. The fraction of sp³-hybridized carbons (Fsp3) is 0.333. The van der Waals surface area contributed by atoms with Crippen molar-refractivity contribution in [1.29, 1.82) is 0 Å². The van der Waals surface area contributed by atoms with Crippen LogP contribution in [-0.4, -0.2) is 21.3 Å². The van der Waals surface area contributed by atoms with E-state index in [0.717, 1.165) is 18.7 Å². The topological polar surface area (TPSA) is 50.8 Å². The molecule has 4 heteroatoms. The Labute approximate surface area is 93.7 Å². The molecule has 82 valence electrons. The molecule has 1 aliphatic carbocycles. The number of H-pyrrole nitrogens is 1. The monoisotopic (exact) mass is 215 g/mol. The Morgan fingerprint density at radius 2 is 2.12 bits per heavy atom.